The first kappa shape index (κ1) is 19.8. The zero-order valence-corrected chi connectivity index (χ0v) is 14.6. The molecule has 8 nitrogen and oxygen atoms in total. The molecular weight excluding hydrogens is 359 g/mol. The van der Waals surface area contributed by atoms with Crippen LogP contribution in [0, 0.1) is 15.9 Å². The van der Waals surface area contributed by atoms with Gasteiger partial charge in [0.1, 0.15) is 11.9 Å². The number of halogens is 1. The highest BCUT2D eigenvalue weighted by Gasteiger charge is 2.24. The Morgan fingerprint density at radius 1 is 1.19 bits per heavy atom. The van der Waals surface area contributed by atoms with Gasteiger partial charge in [-0.1, -0.05) is 6.07 Å². The number of benzene rings is 2. The van der Waals surface area contributed by atoms with Gasteiger partial charge in [0.15, 0.2) is 5.75 Å². The molecule has 2 rings (SSSR count). The van der Waals surface area contributed by atoms with Crippen LogP contribution in [-0.2, 0) is 16.0 Å². The van der Waals surface area contributed by atoms with Crippen molar-refractivity contribution >= 4 is 17.6 Å². The van der Waals surface area contributed by atoms with E-state index in [9.17, 15) is 24.1 Å². The molecule has 0 bridgehead atoms. The molecule has 0 saturated heterocycles. The zero-order chi connectivity index (χ0) is 20.0. The summed E-state index contributed by atoms with van der Waals surface area (Å²) in [6, 6.07) is 7.92. The molecule has 0 aliphatic rings. The van der Waals surface area contributed by atoms with E-state index in [1.54, 1.807) is 6.07 Å². The van der Waals surface area contributed by atoms with Crippen LogP contribution in [0.25, 0.3) is 0 Å². The Morgan fingerprint density at radius 3 is 2.41 bits per heavy atom. The second-order valence-electron chi connectivity index (χ2n) is 5.52. The monoisotopic (exact) mass is 376 g/mol. The lowest BCUT2D eigenvalue weighted by molar-refractivity contribution is -0.385. The van der Waals surface area contributed by atoms with E-state index in [1.807, 2.05) is 0 Å². The summed E-state index contributed by atoms with van der Waals surface area (Å²) in [6.07, 6.45) is -0.0373. The Hall–Kier alpha value is -3.49. The second-order valence-corrected chi connectivity index (χ2v) is 5.52. The van der Waals surface area contributed by atoms with Crippen molar-refractivity contribution in [2.45, 2.75) is 12.5 Å². The summed E-state index contributed by atoms with van der Waals surface area (Å²) in [6.45, 7) is 0. The van der Waals surface area contributed by atoms with E-state index in [4.69, 9.17) is 9.47 Å². The van der Waals surface area contributed by atoms with Crippen LogP contribution >= 0.6 is 0 Å². The normalized spacial score (nSPS) is 11.4. The van der Waals surface area contributed by atoms with Crippen molar-refractivity contribution in [2.24, 2.45) is 0 Å². The number of nitro benzene ring substituents is 1. The fourth-order valence-electron chi connectivity index (χ4n) is 2.42. The van der Waals surface area contributed by atoms with Gasteiger partial charge in [-0.3, -0.25) is 14.9 Å². The van der Waals surface area contributed by atoms with Crippen LogP contribution in [0.1, 0.15) is 15.9 Å². The predicted octanol–water partition coefficient (Wildman–Crippen LogP) is 2.26. The van der Waals surface area contributed by atoms with Gasteiger partial charge < -0.3 is 14.8 Å². The lowest BCUT2D eigenvalue weighted by Crippen LogP contribution is -2.43. The van der Waals surface area contributed by atoms with Crippen molar-refractivity contribution in [1.29, 1.82) is 0 Å². The minimum absolute atomic E-state index is 0.0373. The van der Waals surface area contributed by atoms with Crippen molar-refractivity contribution < 1.29 is 28.4 Å². The van der Waals surface area contributed by atoms with Gasteiger partial charge in [0.2, 0.25) is 0 Å². The fraction of sp³-hybridized carbons (Fsp3) is 0.222. The number of carbonyl (C=O) groups is 2. The second kappa shape index (κ2) is 8.75. The number of nitrogens with zero attached hydrogens (tertiary/aromatic N) is 1. The van der Waals surface area contributed by atoms with Crippen molar-refractivity contribution in [1.82, 2.24) is 5.32 Å². The van der Waals surface area contributed by atoms with Crippen LogP contribution in [0.5, 0.6) is 5.75 Å². The highest BCUT2D eigenvalue weighted by molar-refractivity contribution is 5.96. The molecule has 27 heavy (non-hydrogen) atoms. The van der Waals surface area contributed by atoms with Crippen LogP contribution < -0.4 is 10.1 Å². The van der Waals surface area contributed by atoms with E-state index in [-0.39, 0.29) is 23.4 Å². The summed E-state index contributed by atoms with van der Waals surface area (Å²) >= 11 is 0. The molecule has 0 aromatic heterocycles. The number of rotatable bonds is 7. The molecule has 0 aliphatic carbocycles. The predicted molar refractivity (Wildman–Crippen MR) is 93.0 cm³/mol. The van der Waals surface area contributed by atoms with Gasteiger partial charge in [-0.05, 0) is 35.9 Å². The number of amides is 1. The number of carbonyl (C=O) groups excluding carboxylic acids is 2. The molecule has 0 saturated carbocycles. The Bertz CT molecular complexity index is 853. The van der Waals surface area contributed by atoms with Gasteiger partial charge in [0, 0.05) is 18.1 Å². The van der Waals surface area contributed by atoms with Crippen LogP contribution in [0.15, 0.2) is 42.5 Å². The molecule has 9 heteroatoms. The summed E-state index contributed by atoms with van der Waals surface area (Å²) in [5.41, 5.74) is 0.326. The zero-order valence-electron chi connectivity index (χ0n) is 14.6. The third-order valence-corrected chi connectivity index (χ3v) is 3.78. The maximum Gasteiger partial charge on any atom is 0.328 e. The molecule has 0 heterocycles. The average molecular weight is 376 g/mol. The van der Waals surface area contributed by atoms with E-state index in [0.29, 0.717) is 5.56 Å². The maximum absolute atomic E-state index is 13.0. The van der Waals surface area contributed by atoms with Crippen molar-refractivity contribution in [3.05, 3.63) is 69.5 Å². The van der Waals surface area contributed by atoms with Gasteiger partial charge >= 0.3 is 11.7 Å². The molecule has 0 fully saturated rings. The molecule has 142 valence electrons. The average Bonchev–Trinajstić information content (AvgIpc) is 2.67. The van der Waals surface area contributed by atoms with E-state index < -0.39 is 28.7 Å². The lowest BCUT2D eigenvalue weighted by Gasteiger charge is -2.17. The van der Waals surface area contributed by atoms with Crippen molar-refractivity contribution in [3.63, 3.8) is 0 Å². The lowest BCUT2D eigenvalue weighted by atomic mass is 10.0. The number of hydrogen-bond acceptors (Lipinski definition) is 6. The van der Waals surface area contributed by atoms with Crippen LogP contribution in [0.3, 0.4) is 0 Å². The van der Waals surface area contributed by atoms with E-state index in [2.05, 4.69) is 5.32 Å². The molecule has 0 spiro atoms. The van der Waals surface area contributed by atoms with E-state index in [0.717, 1.165) is 19.2 Å². The molecule has 0 unspecified atom stereocenters. The largest absolute Gasteiger partial charge is 0.490 e. The Morgan fingerprint density at radius 2 is 1.85 bits per heavy atom. The summed E-state index contributed by atoms with van der Waals surface area (Å²) in [5.74, 6) is -1.74. The smallest absolute Gasteiger partial charge is 0.328 e. The molecule has 1 N–H and O–H groups in total. The Balaban J connectivity index is 2.23. The first-order chi connectivity index (χ1) is 12.8. The number of ether oxygens (including phenoxy) is 2. The van der Waals surface area contributed by atoms with E-state index in [1.165, 1.54) is 31.4 Å². The molecule has 0 aliphatic heterocycles. The van der Waals surface area contributed by atoms with Crippen LogP contribution in [0.4, 0.5) is 10.1 Å². The summed E-state index contributed by atoms with van der Waals surface area (Å²) in [4.78, 5) is 34.8. The minimum atomic E-state index is -1.08. The number of hydrogen-bond donors (Lipinski definition) is 1. The van der Waals surface area contributed by atoms with Gasteiger partial charge in [-0.15, -0.1) is 0 Å². The van der Waals surface area contributed by atoms with E-state index >= 15 is 0 Å². The van der Waals surface area contributed by atoms with Gasteiger partial charge in [-0.2, -0.15) is 0 Å². The Labute approximate surface area is 154 Å². The molecule has 2 aromatic rings. The Kier molecular flexibility index (Phi) is 6.42. The topological polar surface area (TPSA) is 108 Å². The van der Waals surface area contributed by atoms with Crippen molar-refractivity contribution in [2.75, 3.05) is 14.2 Å². The molecule has 2 aromatic carbocycles. The third-order valence-electron chi connectivity index (χ3n) is 3.78. The number of methoxy groups -OCH3 is 2. The third kappa shape index (κ3) is 5.00. The van der Waals surface area contributed by atoms with Gasteiger partial charge in [-0.25, -0.2) is 9.18 Å². The number of esters is 1. The van der Waals surface area contributed by atoms with Gasteiger partial charge in [0.05, 0.1) is 19.1 Å². The number of nitro groups is 1. The first-order valence-corrected chi connectivity index (χ1v) is 7.81. The number of nitrogens with one attached hydrogen (secondary N) is 1. The quantitative estimate of drug-likeness (QED) is 0.451. The minimum Gasteiger partial charge on any atom is -0.490 e. The molecule has 1 amide bonds. The summed E-state index contributed by atoms with van der Waals surface area (Å²) in [5, 5.41) is 13.6. The SMILES string of the molecule is COC(=O)[C@@H](Cc1ccc(OC)c([N+](=O)[O-])c1)NC(=O)c1ccc(F)cc1. The highest BCUT2D eigenvalue weighted by Crippen LogP contribution is 2.28. The maximum atomic E-state index is 13.0. The molecule has 0 radical (unpaired) electrons. The first-order valence-electron chi connectivity index (χ1n) is 7.81. The van der Waals surface area contributed by atoms with Crippen molar-refractivity contribution in [3.8, 4) is 5.75 Å². The van der Waals surface area contributed by atoms with Crippen LogP contribution in [-0.4, -0.2) is 37.1 Å². The molecule has 1 atom stereocenters. The van der Waals surface area contributed by atoms with Gasteiger partial charge in [0.25, 0.3) is 5.91 Å². The molecular formula is C18H17FN2O6. The van der Waals surface area contributed by atoms with Crippen LogP contribution in [0.2, 0.25) is 0 Å². The highest BCUT2D eigenvalue weighted by atomic mass is 19.1. The summed E-state index contributed by atoms with van der Waals surface area (Å²) < 4.78 is 22.6. The standard InChI is InChI=1S/C18H17FN2O6/c1-26-16-8-3-11(10-15(16)21(24)25)9-14(18(23)27-2)20-17(22)12-4-6-13(19)7-5-12/h3-8,10,14H,9H2,1-2H3,(H,20,22)/t14-/m1/s1. The fourth-order valence-corrected chi connectivity index (χ4v) is 2.42. The summed E-state index contributed by atoms with van der Waals surface area (Å²) in [7, 11) is 2.47.